The van der Waals surface area contributed by atoms with Crippen LogP contribution in [-0.4, -0.2) is 31.0 Å². The van der Waals surface area contributed by atoms with Crippen LogP contribution in [0.2, 0.25) is 0 Å². The normalized spacial score (nSPS) is 13.6. The molecular weight excluding hydrogens is 404 g/mol. The number of hydrogen-bond acceptors (Lipinski definition) is 4. The number of H-pyrrole nitrogens is 1. The van der Waals surface area contributed by atoms with Crippen molar-refractivity contribution in [2.24, 2.45) is 11.3 Å². The van der Waals surface area contributed by atoms with Gasteiger partial charge in [0.1, 0.15) is 5.65 Å². The Kier molecular flexibility index (Phi) is 5.53. The largest absolute Gasteiger partial charge is 0.481 e. The van der Waals surface area contributed by atoms with E-state index in [9.17, 15) is 27.5 Å². The lowest BCUT2D eigenvalue weighted by Gasteiger charge is -2.29. The van der Waals surface area contributed by atoms with Crippen molar-refractivity contribution in [1.29, 1.82) is 0 Å². The average molecular weight is 424 g/mol. The van der Waals surface area contributed by atoms with Crippen LogP contribution in [-0.2, 0) is 17.4 Å². The molecule has 3 heterocycles. The van der Waals surface area contributed by atoms with Crippen LogP contribution in [0.1, 0.15) is 38.4 Å². The highest BCUT2D eigenvalue weighted by molar-refractivity contribution is 5.91. The second-order valence-corrected chi connectivity index (χ2v) is 8.17. The van der Waals surface area contributed by atoms with Gasteiger partial charge in [-0.25, -0.2) is 19.3 Å². The topological polar surface area (TPSA) is 91.8 Å². The van der Waals surface area contributed by atoms with Crippen LogP contribution in [0.4, 0.5) is 17.6 Å². The van der Waals surface area contributed by atoms with Crippen molar-refractivity contribution in [3.05, 3.63) is 41.7 Å². The van der Waals surface area contributed by atoms with E-state index in [2.05, 4.69) is 19.9 Å². The van der Waals surface area contributed by atoms with Crippen LogP contribution in [0, 0.1) is 17.2 Å². The molecule has 0 unspecified atom stereocenters. The number of pyridine rings is 1. The number of alkyl halides is 3. The minimum Gasteiger partial charge on any atom is -0.481 e. The van der Waals surface area contributed by atoms with Crippen LogP contribution >= 0.6 is 0 Å². The monoisotopic (exact) mass is 424 g/mol. The Labute approximate surface area is 169 Å². The van der Waals surface area contributed by atoms with E-state index < -0.39 is 34.9 Å². The standard InChI is InChI=1S/C20H20F4N4O2/c1-19(2,3)10(6-16(29)30)5-15-14(21)9-27-18(28-15)13-8-26-17-12(13)4-11(7-25-17)20(22,23)24/h4,7-10H,5-6H2,1-3H3,(H,25,26)(H,29,30)/t10-/m1/s1. The van der Waals surface area contributed by atoms with Gasteiger partial charge >= 0.3 is 12.1 Å². The molecule has 6 nitrogen and oxygen atoms in total. The Morgan fingerprint density at radius 3 is 2.50 bits per heavy atom. The fourth-order valence-electron chi connectivity index (χ4n) is 3.15. The maximum absolute atomic E-state index is 14.4. The molecule has 2 N–H and O–H groups in total. The van der Waals surface area contributed by atoms with E-state index in [1.807, 2.05) is 20.8 Å². The Hall–Kier alpha value is -3.04. The quantitative estimate of drug-likeness (QED) is 0.571. The van der Waals surface area contributed by atoms with E-state index in [4.69, 9.17) is 0 Å². The number of carboxylic acids is 1. The number of fused-ring (bicyclic) bond motifs is 1. The molecule has 0 bridgehead atoms. The molecule has 0 aliphatic carbocycles. The van der Waals surface area contributed by atoms with Crippen molar-refractivity contribution in [1.82, 2.24) is 19.9 Å². The number of rotatable bonds is 5. The summed E-state index contributed by atoms with van der Waals surface area (Å²) in [5, 5.41) is 9.33. The second kappa shape index (κ2) is 7.66. The Morgan fingerprint density at radius 2 is 1.90 bits per heavy atom. The summed E-state index contributed by atoms with van der Waals surface area (Å²) < 4.78 is 53.6. The molecule has 30 heavy (non-hydrogen) atoms. The van der Waals surface area contributed by atoms with Gasteiger partial charge in [-0.3, -0.25) is 4.79 Å². The summed E-state index contributed by atoms with van der Waals surface area (Å²) in [4.78, 5) is 25.9. The zero-order chi connectivity index (χ0) is 22.3. The number of aromatic amines is 1. The number of hydrogen-bond donors (Lipinski definition) is 2. The van der Waals surface area contributed by atoms with Crippen molar-refractivity contribution < 1.29 is 27.5 Å². The molecule has 0 fully saturated rings. The number of carboxylic acid groups (broad SMARTS) is 1. The zero-order valence-electron chi connectivity index (χ0n) is 16.5. The van der Waals surface area contributed by atoms with E-state index in [0.29, 0.717) is 0 Å². The first-order valence-corrected chi connectivity index (χ1v) is 9.14. The van der Waals surface area contributed by atoms with Gasteiger partial charge in [-0.05, 0) is 23.8 Å². The SMILES string of the molecule is CC(C)(C)[C@@H](CC(=O)O)Cc1nc(-c2c[nH]c3ncc(C(F)(F)F)cc23)ncc1F. The smallest absolute Gasteiger partial charge is 0.417 e. The average Bonchev–Trinajstić information content (AvgIpc) is 3.04. The molecule has 0 aliphatic heterocycles. The maximum Gasteiger partial charge on any atom is 0.417 e. The molecule has 0 amide bonds. The summed E-state index contributed by atoms with van der Waals surface area (Å²) in [6.07, 6.45) is -1.62. The molecular formula is C20H20F4N4O2. The molecule has 0 radical (unpaired) electrons. The highest BCUT2D eigenvalue weighted by Crippen LogP contribution is 2.35. The van der Waals surface area contributed by atoms with Gasteiger partial charge < -0.3 is 10.1 Å². The van der Waals surface area contributed by atoms with Gasteiger partial charge in [0.05, 0.1) is 17.5 Å². The van der Waals surface area contributed by atoms with E-state index in [1.165, 1.54) is 6.20 Å². The minimum atomic E-state index is -4.57. The Balaban J connectivity index is 2.04. The van der Waals surface area contributed by atoms with Crippen molar-refractivity contribution >= 4 is 17.0 Å². The lowest BCUT2D eigenvalue weighted by atomic mass is 9.76. The van der Waals surface area contributed by atoms with Crippen molar-refractivity contribution in [2.45, 2.75) is 39.8 Å². The minimum absolute atomic E-state index is 0.00969. The molecule has 10 heteroatoms. The zero-order valence-corrected chi connectivity index (χ0v) is 16.5. The fourth-order valence-corrected chi connectivity index (χ4v) is 3.15. The summed E-state index contributed by atoms with van der Waals surface area (Å²) in [5.41, 5.74) is -0.883. The number of nitrogens with one attached hydrogen (secondary N) is 1. The second-order valence-electron chi connectivity index (χ2n) is 8.17. The first-order valence-electron chi connectivity index (χ1n) is 9.14. The maximum atomic E-state index is 14.4. The molecule has 3 aromatic heterocycles. The summed E-state index contributed by atoms with van der Waals surface area (Å²) in [6.45, 7) is 5.56. The predicted molar refractivity (Wildman–Crippen MR) is 101 cm³/mol. The highest BCUT2D eigenvalue weighted by Gasteiger charge is 2.32. The summed E-state index contributed by atoms with van der Waals surface area (Å²) in [7, 11) is 0. The van der Waals surface area contributed by atoms with Crippen LogP contribution in [0.25, 0.3) is 22.4 Å². The van der Waals surface area contributed by atoms with E-state index in [0.717, 1.165) is 18.5 Å². The third-order valence-electron chi connectivity index (χ3n) is 5.00. The van der Waals surface area contributed by atoms with Gasteiger partial charge in [-0.2, -0.15) is 13.2 Å². The van der Waals surface area contributed by atoms with Crippen molar-refractivity contribution in [3.63, 3.8) is 0 Å². The van der Waals surface area contributed by atoms with Gasteiger partial charge in [-0.1, -0.05) is 20.8 Å². The van der Waals surface area contributed by atoms with Gasteiger partial charge in [0.25, 0.3) is 0 Å². The van der Waals surface area contributed by atoms with Gasteiger partial charge in [0, 0.05) is 29.8 Å². The van der Waals surface area contributed by atoms with Gasteiger partial charge in [0.2, 0.25) is 0 Å². The van der Waals surface area contributed by atoms with Gasteiger partial charge in [-0.15, -0.1) is 0 Å². The number of nitrogens with zero attached hydrogens (tertiary/aromatic N) is 3. The molecule has 0 aromatic carbocycles. The van der Waals surface area contributed by atoms with Crippen LogP contribution in [0.5, 0.6) is 0 Å². The summed E-state index contributed by atoms with van der Waals surface area (Å²) in [5.74, 6) is -2.09. The number of halogens is 4. The van der Waals surface area contributed by atoms with E-state index in [-0.39, 0.29) is 41.0 Å². The highest BCUT2D eigenvalue weighted by atomic mass is 19.4. The van der Waals surface area contributed by atoms with Crippen LogP contribution in [0.15, 0.2) is 24.7 Å². The Bertz CT molecular complexity index is 1090. The molecule has 0 aliphatic rings. The van der Waals surface area contributed by atoms with E-state index >= 15 is 0 Å². The summed E-state index contributed by atoms with van der Waals surface area (Å²) >= 11 is 0. The molecule has 160 valence electrons. The number of carbonyl (C=O) groups is 1. The third kappa shape index (κ3) is 4.58. The number of aliphatic carboxylic acids is 1. The molecule has 3 rings (SSSR count). The fraction of sp³-hybridized carbons (Fsp3) is 0.400. The van der Waals surface area contributed by atoms with E-state index in [1.54, 1.807) is 0 Å². The molecule has 0 saturated carbocycles. The first-order chi connectivity index (χ1) is 13.9. The molecule has 0 spiro atoms. The predicted octanol–water partition coefficient (Wildman–Crippen LogP) is 4.86. The molecule has 1 atom stereocenters. The molecule has 3 aromatic rings. The lowest BCUT2D eigenvalue weighted by molar-refractivity contribution is -0.139. The van der Waals surface area contributed by atoms with Crippen LogP contribution in [0.3, 0.4) is 0 Å². The van der Waals surface area contributed by atoms with Crippen LogP contribution < -0.4 is 0 Å². The first kappa shape index (κ1) is 21.7. The summed E-state index contributed by atoms with van der Waals surface area (Å²) in [6, 6.07) is 0.933. The van der Waals surface area contributed by atoms with Gasteiger partial charge in [0.15, 0.2) is 11.6 Å². The number of aromatic nitrogens is 4. The Morgan fingerprint density at radius 1 is 1.20 bits per heavy atom. The van der Waals surface area contributed by atoms with Crippen molar-refractivity contribution in [3.8, 4) is 11.4 Å². The molecule has 0 saturated heterocycles. The lowest BCUT2D eigenvalue weighted by Crippen LogP contribution is -2.26. The van der Waals surface area contributed by atoms with Crippen molar-refractivity contribution in [2.75, 3.05) is 0 Å². The third-order valence-corrected chi connectivity index (χ3v) is 5.00.